The average Bonchev–Trinajstić information content (AvgIpc) is 2.39. The van der Waals surface area contributed by atoms with Crippen molar-refractivity contribution < 1.29 is 9.69 Å². The molecule has 0 aromatic heterocycles. The summed E-state index contributed by atoms with van der Waals surface area (Å²) in [7, 11) is 2.17. The number of amides is 1. The zero-order valence-electron chi connectivity index (χ0n) is 11.1. The van der Waals surface area contributed by atoms with Crippen molar-refractivity contribution in [2.45, 2.75) is 3.79 Å². The summed E-state index contributed by atoms with van der Waals surface area (Å²) in [6.07, 6.45) is 0. The number of rotatable bonds is 2. The van der Waals surface area contributed by atoms with Crippen LogP contribution in [-0.2, 0) is 4.79 Å². The summed E-state index contributed by atoms with van der Waals surface area (Å²) in [6, 6.07) is 7.56. The molecule has 2 N–H and O–H groups in total. The number of benzene rings is 1. The number of hydrogen-bond acceptors (Lipinski definition) is 2. The van der Waals surface area contributed by atoms with Gasteiger partial charge in [-0.2, -0.15) is 0 Å². The van der Waals surface area contributed by atoms with Crippen LogP contribution in [0.1, 0.15) is 0 Å². The minimum Gasteiger partial charge on any atom is -0.359 e. The van der Waals surface area contributed by atoms with Gasteiger partial charge in [-0.05, 0) is 12.1 Å². The van der Waals surface area contributed by atoms with Gasteiger partial charge in [-0.1, -0.05) is 46.9 Å². The van der Waals surface area contributed by atoms with Crippen LogP contribution in [0.2, 0.25) is 0 Å². The Morgan fingerprint density at radius 2 is 1.85 bits per heavy atom. The maximum Gasteiger partial charge on any atom is 0.276 e. The summed E-state index contributed by atoms with van der Waals surface area (Å²) in [6.45, 7) is 4.00. The molecule has 1 aromatic rings. The molecule has 20 heavy (non-hydrogen) atoms. The maximum atomic E-state index is 11.8. The SMILES string of the molecule is C[NH+]1CCN(c2ccccc2NC(=O)C(Cl)(Cl)Cl)CC1. The van der Waals surface area contributed by atoms with E-state index in [1.807, 2.05) is 24.3 Å². The van der Waals surface area contributed by atoms with Gasteiger partial charge in [0.1, 0.15) is 0 Å². The first-order valence-electron chi connectivity index (χ1n) is 6.41. The standard InChI is InChI=1S/C13H16Cl3N3O/c1-18-6-8-19(9-7-18)11-5-3-2-4-10(11)17-12(20)13(14,15)16/h2-5H,6-9H2,1H3,(H,17,20)/p+1. The number of likely N-dealkylation sites (N-methyl/N-ethyl adjacent to an activating group) is 1. The van der Waals surface area contributed by atoms with E-state index in [2.05, 4.69) is 17.3 Å². The Morgan fingerprint density at radius 1 is 1.25 bits per heavy atom. The molecule has 4 nitrogen and oxygen atoms in total. The number of hydrogen-bond donors (Lipinski definition) is 2. The van der Waals surface area contributed by atoms with Crippen LogP contribution in [0.5, 0.6) is 0 Å². The van der Waals surface area contributed by atoms with Crippen LogP contribution < -0.4 is 15.1 Å². The summed E-state index contributed by atoms with van der Waals surface area (Å²) in [5, 5.41) is 2.68. The number of piperazine rings is 1. The Balaban J connectivity index is 2.16. The molecule has 1 amide bonds. The number of halogens is 3. The smallest absolute Gasteiger partial charge is 0.276 e. The van der Waals surface area contributed by atoms with Crippen molar-refractivity contribution in [2.24, 2.45) is 0 Å². The van der Waals surface area contributed by atoms with Crippen molar-refractivity contribution in [2.75, 3.05) is 43.4 Å². The van der Waals surface area contributed by atoms with E-state index in [-0.39, 0.29) is 0 Å². The van der Waals surface area contributed by atoms with E-state index in [4.69, 9.17) is 34.8 Å². The van der Waals surface area contributed by atoms with E-state index in [1.165, 1.54) is 4.90 Å². The maximum absolute atomic E-state index is 11.8. The van der Waals surface area contributed by atoms with Gasteiger partial charge in [0.25, 0.3) is 9.70 Å². The van der Waals surface area contributed by atoms with Crippen LogP contribution in [0.25, 0.3) is 0 Å². The Hall–Kier alpha value is -0.680. The van der Waals surface area contributed by atoms with E-state index < -0.39 is 9.70 Å². The third-order valence-electron chi connectivity index (χ3n) is 3.37. The normalized spacial score (nSPS) is 17.1. The van der Waals surface area contributed by atoms with Crippen molar-refractivity contribution >= 4 is 52.1 Å². The minimum atomic E-state index is -1.96. The average molecular weight is 338 g/mol. The molecule has 7 heteroatoms. The zero-order valence-corrected chi connectivity index (χ0v) is 13.4. The molecule has 2 rings (SSSR count). The predicted octanol–water partition coefficient (Wildman–Crippen LogP) is 1.33. The van der Waals surface area contributed by atoms with Crippen molar-refractivity contribution in [3.8, 4) is 0 Å². The van der Waals surface area contributed by atoms with Gasteiger partial charge in [0.2, 0.25) is 0 Å². The molecule has 1 aliphatic heterocycles. The van der Waals surface area contributed by atoms with Crippen LogP contribution in [0, 0.1) is 0 Å². The first-order chi connectivity index (χ1) is 9.38. The topological polar surface area (TPSA) is 36.8 Å². The Labute approximate surface area is 133 Å². The van der Waals surface area contributed by atoms with Crippen molar-refractivity contribution in [1.82, 2.24) is 0 Å². The highest BCUT2D eigenvalue weighted by Gasteiger charge is 2.31. The molecule has 0 aliphatic carbocycles. The highest BCUT2D eigenvalue weighted by Crippen LogP contribution is 2.31. The fourth-order valence-corrected chi connectivity index (χ4v) is 2.32. The third-order valence-corrected chi connectivity index (χ3v) is 3.88. The van der Waals surface area contributed by atoms with E-state index in [1.54, 1.807) is 0 Å². The summed E-state index contributed by atoms with van der Waals surface area (Å²) in [5.74, 6) is -0.644. The molecule has 1 saturated heterocycles. The van der Waals surface area contributed by atoms with Gasteiger partial charge in [-0.3, -0.25) is 4.79 Å². The number of nitrogens with one attached hydrogen (secondary N) is 2. The zero-order chi connectivity index (χ0) is 14.8. The second-order valence-corrected chi connectivity index (χ2v) is 7.19. The fraction of sp³-hybridized carbons (Fsp3) is 0.462. The molecule has 0 atom stereocenters. The Kier molecular flexibility index (Phi) is 5.02. The van der Waals surface area contributed by atoms with Crippen molar-refractivity contribution in [1.29, 1.82) is 0 Å². The molecule has 0 bridgehead atoms. The van der Waals surface area contributed by atoms with E-state index in [0.717, 1.165) is 31.9 Å². The lowest BCUT2D eigenvalue weighted by atomic mass is 10.2. The Bertz CT molecular complexity index is 482. The predicted molar refractivity (Wildman–Crippen MR) is 84.2 cm³/mol. The van der Waals surface area contributed by atoms with Crippen molar-refractivity contribution in [3.05, 3.63) is 24.3 Å². The number of quaternary nitrogens is 1. The number of para-hydroxylation sites is 2. The van der Waals surface area contributed by atoms with Gasteiger partial charge in [0.05, 0.1) is 44.6 Å². The van der Waals surface area contributed by atoms with E-state index in [0.29, 0.717) is 5.69 Å². The van der Waals surface area contributed by atoms with Gasteiger partial charge >= 0.3 is 0 Å². The summed E-state index contributed by atoms with van der Waals surface area (Å²) < 4.78 is -1.96. The van der Waals surface area contributed by atoms with Crippen LogP contribution >= 0.6 is 34.8 Å². The lowest BCUT2D eigenvalue weighted by Gasteiger charge is -2.33. The van der Waals surface area contributed by atoms with Gasteiger partial charge in [0.15, 0.2) is 0 Å². The molecule has 1 aromatic carbocycles. The summed E-state index contributed by atoms with van der Waals surface area (Å²) in [5.41, 5.74) is 1.63. The molecule has 110 valence electrons. The summed E-state index contributed by atoms with van der Waals surface area (Å²) in [4.78, 5) is 15.5. The largest absolute Gasteiger partial charge is 0.359 e. The highest BCUT2D eigenvalue weighted by molar-refractivity contribution is 6.76. The van der Waals surface area contributed by atoms with E-state index >= 15 is 0 Å². The molecule has 1 heterocycles. The monoisotopic (exact) mass is 336 g/mol. The lowest BCUT2D eigenvalue weighted by molar-refractivity contribution is -0.880. The van der Waals surface area contributed by atoms with Gasteiger partial charge in [0, 0.05) is 0 Å². The second-order valence-electron chi connectivity index (χ2n) is 4.91. The quantitative estimate of drug-likeness (QED) is 0.799. The number of carbonyl (C=O) groups excluding carboxylic acids is 1. The molecule has 1 aliphatic rings. The third kappa shape index (κ3) is 3.92. The van der Waals surface area contributed by atoms with Crippen LogP contribution in [0.4, 0.5) is 11.4 Å². The Morgan fingerprint density at radius 3 is 2.45 bits per heavy atom. The van der Waals surface area contributed by atoms with Crippen molar-refractivity contribution in [3.63, 3.8) is 0 Å². The van der Waals surface area contributed by atoms with Gasteiger partial charge < -0.3 is 15.1 Å². The number of carbonyl (C=O) groups is 1. The molecular formula is C13H17Cl3N3O+. The first kappa shape index (κ1) is 15.7. The molecule has 0 spiro atoms. The molecule has 1 fully saturated rings. The first-order valence-corrected chi connectivity index (χ1v) is 7.55. The lowest BCUT2D eigenvalue weighted by Crippen LogP contribution is -3.12. The molecular weight excluding hydrogens is 321 g/mol. The number of alkyl halides is 3. The van der Waals surface area contributed by atoms with E-state index in [9.17, 15) is 4.79 Å². The fourth-order valence-electron chi connectivity index (χ4n) is 2.18. The van der Waals surface area contributed by atoms with Crippen LogP contribution in [0.3, 0.4) is 0 Å². The molecule has 0 unspecified atom stereocenters. The minimum absolute atomic E-state index is 0.644. The molecule has 0 saturated carbocycles. The number of nitrogens with zero attached hydrogens (tertiary/aromatic N) is 1. The summed E-state index contributed by atoms with van der Waals surface area (Å²) >= 11 is 16.8. The highest BCUT2D eigenvalue weighted by atomic mass is 35.6. The van der Waals surface area contributed by atoms with Crippen LogP contribution in [-0.4, -0.2) is 42.9 Å². The van der Waals surface area contributed by atoms with Gasteiger partial charge in [-0.25, -0.2) is 0 Å². The van der Waals surface area contributed by atoms with Gasteiger partial charge in [-0.15, -0.1) is 0 Å². The number of anilines is 2. The molecule has 0 radical (unpaired) electrons. The second kappa shape index (κ2) is 6.39. The van der Waals surface area contributed by atoms with Crippen LogP contribution in [0.15, 0.2) is 24.3 Å².